The zero-order valence-electron chi connectivity index (χ0n) is 18.7. The minimum atomic E-state index is 1.24. The predicted octanol–water partition coefficient (Wildman–Crippen LogP) is 9.49. The van der Waals surface area contributed by atoms with E-state index in [0.717, 1.165) is 0 Å². The lowest BCUT2D eigenvalue weighted by Crippen LogP contribution is -1.87. The maximum atomic E-state index is 2.34. The molecule has 0 nitrogen and oxygen atoms in total. The lowest BCUT2D eigenvalue weighted by Gasteiger charge is -2.13. The van der Waals surface area contributed by atoms with Crippen molar-refractivity contribution < 1.29 is 0 Å². The van der Waals surface area contributed by atoms with E-state index < -0.39 is 0 Å². The van der Waals surface area contributed by atoms with Gasteiger partial charge in [-0.25, -0.2) is 0 Å². The molecule has 0 aromatic heterocycles. The molecule has 0 spiro atoms. The molecular formula is C34H22. The lowest BCUT2D eigenvalue weighted by atomic mass is 9.90. The summed E-state index contributed by atoms with van der Waals surface area (Å²) in [7, 11) is 0. The van der Waals surface area contributed by atoms with Gasteiger partial charge in [-0.05, 0) is 72.5 Å². The first-order valence-electron chi connectivity index (χ1n) is 11.8. The van der Waals surface area contributed by atoms with E-state index >= 15 is 0 Å². The van der Waals surface area contributed by atoms with E-state index in [2.05, 4.69) is 133 Å². The summed E-state index contributed by atoms with van der Waals surface area (Å²) < 4.78 is 0. The van der Waals surface area contributed by atoms with Crippen LogP contribution in [-0.2, 0) is 0 Å². The van der Waals surface area contributed by atoms with Crippen LogP contribution in [0, 0.1) is 0 Å². The van der Waals surface area contributed by atoms with Gasteiger partial charge in [-0.15, -0.1) is 0 Å². The van der Waals surface area contributed by atoms with Crippen LogP contribution in [0.2, 0.25) is 0 Å². The largest absolute Gasteiger partial charge is 0.0622 e. The fraction of sp³-hybridized carbons (Fsp3) is 0. The molecule has 0 heterocycles. The zero-order valence-corrected chi connectivity index (χ0v) is 18.7. The van der Waals surface area contributed by atoms with Gasteiger partial charge in [0.05, 0.1) is 0 Å². The average Bonchev–Trinajstić information content (AvgIpc) is 3.25. The van der Waals surface area contributed by atoms with Crippen LogP contribution in [0.1, 0.15) is 0 Å². The van der Waals surface area contributed by atoms with Crippen molar-refractivity contribution in [3.63, 3.8) is 0 Å². The van der Waals surface area contributed by atoms with E-state index in [-0.39, 0.29) is 0 Å². The first-order valence-corrected chi connectivity index (χ1v) is 11.8. The Morgan fingerprint density at radius 3 is 1.47 bits per heavy atom. The van der Waals surface area contributed by atoms with Crippen molar-refractivity contribution >= 4 is 10.8 Å². The molecular weight excluding hydrogens is 408 g/mol. The maximum absolute atomic E-state index is 2.34. The van der Waals surface area contributed by atoms with Gasteiger partial charge in [0, 0.05) is 0 Å². The van der Waals surface area contributed by atoms with Crippen LogP contribution < -0.4 is 0 Å². The molecule has 34 heavy (non-hydrogen) atoms. The zero-order chi connectivity index (χ0) is 22.5. The van der Waals surface area contributed by atoms with Crippen molar-refractivity contribution in [1.29, 1.82) is 0 Å². The summed E-state index contributed by atoms with van der Waals surface area (Å²) in [4.78, 5) is 0. The van der Waals surface area contributed by atoms with Gasteiger partial charge < -0.3 is 0 Å². The van der Waals surface area contributed by atoms with Crippen molar-refractivity contribution in [2.45, 2.75) is 0 Å². The minimum absolute atomic E-state index is 1.24. The van der Waals surface area contributed by atoms with E-state index in [4.69, 9.17) is 0 Å². The van der Waals surface area contributed by atoms with Gasteiger partial charge in [-0.1, -0.05) is 127 Å². The fourth-order valence-electron chi connectivity index (χ4n) is 5.52. The highest BCUT2D eigenvalue weighted by atomic mass is 14.2. The Labute approximate surface area is 199 Å². The molecule has 0 amide bonds. The fourth-order valence-corrected chi connectivity index (χ4v) is 5.52. The molecule has 0 fully saturated rings. The molecule has 0 radical (unpaired) electrons. The molecule has 0 heteroatoms. The molecule has 0 saturated carbocycles. The summed E-state index contributed by atoms with van der Waals surface area (Å²) >= 11 is 0. The number of fused-ring (bicyclic) bond motifs is 3. The van der Waals surface area contributed by atoms with Crippen molar-refractivity contribution in [3.8, 4) is 55.6 Å². The van der Waals surface area contributed by atoms with Gasteiger partial charge in [0.1, 0.15) is 0 Å². The number of rotatable bonds is 3. The molecule has 0 bridgehead atoms. The second-order valence-corrected chi connectivity index (χ2v) is 8.93. The first-order chi connectivity index (χ1) is 16.9. The second-order valence-electron chi connectivity index (χ2n) is 8.93. The van der Waals surface area contributed by atoms with Gasteiger partial charge in [0.15, 0.2) is 0 Å². The van der Waals surface area contributed by atoms with Crippen LogP contribution >= 0.6 is 0 Å². The number of hydrogen-bond acceptors (Lipinski definition) is 0. The third kappa shape index (κ3) is 2.86. The highest BCUT2D eigenvalue weighted by Gasteiger charge is 2.22. The highest BCUT2D eigenvalue weighted by Crippen LogP contribution is 2.49. The highest BCUT2D eigenvalue weighted by molar-refractivity contribution is 6.18. The summed E-state index contributed by atoms with van der Waals surface area (Å²) in [6.07, 6.45) is 0. The Hall–Kier alpha value is -4.42. The van der Waals surface area contributed by atoms with Crippen molar-refractivity contribution in [2.75, 3.05) is 0 Å². The predicted molar refractivity (Wildman–Crippen MR) is 145 cm³/mol. The van der Waals surface area contributed by atoms with Crippen molar-refractivity contribution in [1.82, 2.24) is 0 Å². The van der Waals surface area contributed by atoms with Crippen LogP contribution in [0.5, 0.6) is 0 Å². The van der Waals surface area contributed by atoms with Gasteiger partial charge in [0.2, 0.25) is 0 Å². The summed E-state index contributed by atoms with van der Waals surface area (Å²) in [5.41, 5.74) is 12.9. The maximum Gasteiger partial charge on any atom is -0.00201 e. The molecule has 1 aliphatic rings. The normalized spacial score (nSPS) is 11.5. The molecule has 0 saturated heterocycles. The van der Waals surface area contributed by atoms with E-state index in [1.165, 1.54) is 66.4 Å². The SMILES string of the molecule is c1ccc(-c2ccccc2-c2cccc(-c3ccc4c5c(cccc35)-c3ccccc3-4)c2)cc1. The van der Waals surface area contributed by atoms with Crippen LogP contribution in [0.4, 0.5) is 0 Å². The summed E-state index contributed by atoms with van der Waals surface area (Å²) in [5, 5.41) is 2.69. The summed E-state index contributed by atoms with van der Waals surface area (Å²) in [6.45, 7) is 0. The third-order valence-electron chi connectivity index (χ3n) is 7.04. The Morgan fingerprint density at radius 2 is 0.735 bits per heavy atom. The molecule has 6 aromatic rings. The molecule has 7 rings (SSSR count). The molecule has 0 unspecified atom stereocenters. The van der Waals surface area contributed by atoms with Gasteiger partial charge >= 0.3 is 0 Å². The quantitative estimate of drug-likeness (QED) is 0.262. The van der Waals surface area contributed by atoms with Crippen molar-refractivity contribution in [2.24, 2.45) is 0 Å². The molecule has 0 atom stereocenters. The van der Waals surface area contributed by atoms with Crippen LogP contribution in [0.25, 0.3) is 66.4 Å². The lowest BCUT2D eigenvalue weighted by molar-refractivity contribution is 1.57. The number of hydrogen-bond donors (Lipinski definition) is 0. The summed E-state index contributed by atoms with van der Waals surface area (Å²) in [5.74, 6) is 0. The average molecular weight is 431 g/mol. The van der Waals surface area contributed by atoms with E-state index in [1.807, 2.05) is 0 Å². The molecule has 0 aliphatic heterocycles. The molecule has 0 N–H and O–H groups in total. The molecule has 158 valence electrons. The number of benzene rings is 6. The smallest absolute Gasteiger partial charge is 0.00201 e. The first kappa shape index (κ1) is 19.1. The van der Waals surface area contributed by atoms with Gasteiger partial charge in [0.25, 0.3) is 0 Å². The van der Waals surface area contributed by atoms with Gasteiger partial charge in [-0.3, -0.25) is 0 Å². The minimum Gasteiger partial charge on any atom is -0.0622 e. The Balaban J connectivity index is 1.41. The second kappa shape index (κ2) is 7.57. The van der Waals surface area contributed by atoms with E-state index in [0.29, 0.717) is 0 Å². The van der Waals surface area contributed by atoms with E-state index in [1.54, 1.807) is 0 Å². The Kier molecular flexibility index (Phi) is 4.25. The van der Waals surface area contributed by atoms with Crippen LogP contribution in [0.15, 0.2) is 133 Å². The molecule has 1 aliphatic carbocycles. The summed E-state index contributed by atoms with van der Waals surface area (Å²) in [6, 6.07) is 48.4. The van der Waals surface area contributed by atoms with E-state index in [9.17, 15) is 0 Å². The standard InChI is InChI=1S/C34H22/c1-2-10-23(11-3-1)26-14-4-5-15-27(26)24-12-8-13-25(22-24)28-20-21-33-30-17-7-6-16-29(30)32-19-9-18-31(28)34(32)33/h1-22H. The van der Waals surface area contributed by atoms with Crippen molar-refractivity contribution in [3.05, 3.63) is 133 Å². The Morgan fingerprint density at radius 1 is 0.265 bits per heavy atom. The topological polar surface area (TPSA) is 0 Å². The third-order valence-corrected chi connectivity index (χ3v) is 7.04. The monoisotopic (exact) mass is 430 g/mol. The molecule has 6 aromatic carbocycles. The van der Waals surface area contributed by atoms with Crippen LogP contribution in [-0.4, -0.2) is 0 Å². The Bertz CT molecular complexity index is 1660. The van der Waals surface area contributed by atoms with Gasteiger partial charge in [-0.2, -0.15) is 0 Å². The van der Waals surface area contributed by atoms with Crippen LogP contribution in [0.3, 0.4) is 0 Å².